The topological polar surface area (TPSA) is 58.4 Å². The van der Waals surface area contributed by atoms with E-state index in [1.54, 1.807) is 13.8 Å². The molecule has 0 saturated heterocycles. The highest BCUT2D eigenvalue weighted by atomic mass is 19.4. The third kappa shape index (κ3) is 6.20. The lowest BCUT2D eigenvalue weighted by atomic mass is 10.0. The van der Waals surface area contributed by atoms with Crippen molar-refractivity contribution in [1.82, 2.24) is 10.2 Å². The first-order valence-electron chi connectivity index (χ1n) is 5.98. The summed E-state index contributed by atoms with van der Waals surface area (Å²) in [5.41, 5.74) is 4.11. The molecule has 0 aliphatic carbocycles. The van der Waals surface area contributed by atoms with E-state index in [0.29, 0.717) is 13.0 Å². The first-order valence-corrected chi connectivity index (χ1v) is 5.98. The van der Waals surface area contributed by atoms with Crippen molar-refractivity contribution in [3.8, 4) is 0 Å². The number of nitrogens with one attached hydrogen (secondary N) is 1. The highest BCUT2D eigenvalue weighted by Crippen LogP contribution is 2.18. The first-order chi connectivity index (χ1) is 8.14. The Morgan fingerprint density at radius 1 is 1.28 bits per heavy atom. The first kappa shape index (κ1) is 17.2. The number of primary amides is 1. The molecular formula is C11H22F3N3O. The highest BCUT2D eigenvalue weighted by Gasteiger charge is 2.36. The van der Waals surface area contributed by atoms with Crippen LogP contribution in [0.2, 0.25) is 0 Å². The number of alkyl halides is 3. The molecule has 1 unspecified atom stereocenters. The number of amides is 1. The summed E-state index contributed by atoms with van der Waals surface area (Å²) in [6, 6.07) is 0. The molecule has 1 atom stereocenters. The van der Waals surface area contributed by atoms with E-state index in [9.17, 15) is 18.0 Å². The Morgan fingerprint density at radius 2 is 1.83 bits per heavy atom. The maximum absolute atomic E-state index is 12.4. The van der Waals surface area contributed by atoms with E-state index in [1.807, 2.05) is 0 Å². The molecule has 0 bridgehead atoms. The molecule has 0 radical (unpaired) electrons. The summed E-state index contributed by atoms with van der Waals surface area (Å²) in [5.74, 6) is -0.646. The molecular weight excluding hydrogens is 247 g/mol. The van der Waals surface area contributed by atoms with E-state index in [4.69, 9.17) is 5.73 Å². The Kier molecular flexibility index (Phi) is 6.62. The van der Waals surface area contributed by atoms with Gasteiger partial charge in [-0.3, -0.25) is 9.69 Å². The standard InChI is InChI=1S/C11H22F3N3O/c1-4-6-17(8-11(12,13)14)7-10(3,9(15)18)16-5-2/h16H,4-8H2,1-3H3,(H2,15,18). The number of rotatable bonds is 8. The summed E-state index contributed by atoms with van der Waals surface area (Å²) >= 11 is 0. The van der Waals surface area contributed by atoms with Crippen molar-refractivity contribution >= 4 is 5.91 Å². The lowest BCUT2D eigenvalue weighted by molar-refractivity contribution is -0.150. The molecule has 3 N–H and O–H groups in total. The van der Waals surface area contributed by atoms with Gasteiger partial charge in [-0.05, 0) is 26.4 Å². The minimum Gasteiger partial charge on any atom is -0.368 e. The van der Waals surface area contributed by atoms with Gasteiger partial charge in [0.05, 0.1) is 6.54 Å². The summed E-state index contributed by atoms with van der Waals surface area (Å²) in [6.07, 6.45) is -3.70. The van der Waals surface area contributed by atoms with Gasteiger partial charge in [0.25, 0.3) is 0 Å². The number of nitrogens with two attached hydrogens (primary N) is 1. The van der Waals surface area contributed by atoms with Gasteiger partial charge >= 0.3 is 6.18 Å². The van der Waals surface area contributed by atoms with Crippen LogP contribution in [0.5, 0.6) is 0 Å². The zero-order valence-electron chi connectivity index (χ0n) is 11.1. The van der Waals surface area contributed by atoms with Crippen LogP contribution < -0.4 is 11.1 Å². The molecule has 0 saturated carbocycles. The van der Waals surface area contributed by atoms with E-state index in [0.717, 1.165) is 0 Å². The third-order valence-corrected chi connectivity index (χ3v) is 2.59. The molecule has 0 fully saturated rings. The van der Waals surface area contributed by atoms with Crippen LogP contribution in [-0.2, 0) is 4.79 Å². The third-order valence-electron chi connectivity index (χ3n) is 2.59. The Bertz CT molecular complexity index is 271. The maximum Gasteiger partial charge on any atom is 0.401 e. The zero-order valence-corrected chi connectivity index (χ0v) is 11.1. The highest BCUT2D eigenvalue weighted by molar-refractivity contribution is 5.84. The summed E-state index contributed by atoms with van der Waals surface area (Å²) in [7, 11) is 0. The van der Waals surface area contributed by atoms with Gasteiger partial charge in [-0.1, -0.05) is 13.8 Å². The second kappa shape index (κ2) is 6.94. The largest absolute Gasteiger partial charge is 0.401 e. The lowest BCUT2D eigenvalue weighted by Gasteiger charge is -2.34. The van der Waals surface area contributed by atoms with Gasteiger partial charge in [0.15, 0.2) is 0 Å². The zero-order chi connectivity index (χ0) is 14.4. The van der Waals surface area contributed by atoms with E-state index in [2.05, 4.69) is 5.32 Å². The number of hydrogen-bond donors (Lipinski definition) is 2. The predicted octanol–water partition coefficient (Wildman–Crippen LogP) is 1.11. The molecule has 0 aromatic rings. The van der Waals surface area contributed by atoms with Crippen molar-refractivity contribution in [2.24, 2.45) is 5.73 Å². The fourth-order valence-corrected chi connectivity index (χ4v) is 1.84. The summed E-state index contributed by atoms with van der Waals surface area (Å²) in [6.45, 7) is 4.74. The number of hydrogen-bond acceptors (Lipinski definition) is 3. The quantitative estimate of drug-likeness (QED) is 0.694. The smallest absolute Gasteiger partial charge is 0.368 e. The van der Waals surface area contributed by atoms with E-state index in [1.165, 1.54) is 11.8 Å². The van der Waals surface area contributed by atoms with Crippen LogP contribution in [0.25, 0.3) is 0 Å². The van der Waals surface area contributed by atoms with Crippen LogP contribution in [-0.4, -0.2) is 48.7 Å². The molecule has 4 nitrogen and oxygen atoms in total. The van der Waals surface area contributed by atoms with Crippen LogP contribution in [0.4, 0.5) is 13.2 Å². The molecule has 7 heteroatoms. The van der Waals surface area contributed by atoms with Crippen LogP contribution in [0.15, 0.2) is 0 Å². The lowest BCUT2D eigenvalue weighted by Crippen LogP contribution is -2.60. The molecule has 1 amide bonds. The van der Waals surface area contributed by atoms with Crippen molar-refractivity contribution in [3.63, 3.8) is 0 Å². The van der Waals surface area contributed by atoms with Gasteiger partial charge in [-0.2, -0.15) is 13.2 Å². The van der Waals surface area contributed by atoms with Crippen LogP contribution in [0, 0.1) is 0 Å². The minimum atomic E-state index is -4.28. The van der Waals surface area contributed by atoms with Crippen molar-refractivity contribution in [3.05, 3.63) is 0 Å². The average Bonchev–Trinajstić information content (AvgIpc) is 2.15. The van der Waals surface area contributed by atoms with E-state index < -0.39 is 24.2 Å². The Morgan fingerprint density at radius 3 is 2.17 bits per heavy atom. The second-order valence-corrected chi connectivity index (χ2v) is 4.55. The second-order valence-electron chi connectivity index (χ2n) is 4.55. The fraction of sp³-hybridized carbons (Fsp3) is 0.909. The average molecular weight is 269 g/mol. The molecule has 0 heterocycles. The van der Waals surface area contributed by atoms with Crippen molar-refractivity contribution in [1.29, 1.82) is 0 Å². The van der Waals surface area contributed by atoms with Gasteiger partial charge < -0.3 is 11.1 Å². The molecule has 108 valence electrons. The van der Waals surface area contributed by atoms with Gasteiger partial charge in [0.2, 0.25) is 5.91 Å². The van der Waals surface area contributed by atoms with Crippen LogP contribution in [0.3, 0.4) is 0 Å². The van der Waals surface area contributed by atoms with Gasteiger partial charge in [0.1, 0.15) is 5.54 Å². The molecule has 0 aromatic carbocycles. The number of likely N-dealkylation sites (N-methyl/N-ethyl adjacent to an activating group) is 1. The Hall–Kier alpha value is -0.820. The fourth-order valence-electron chi connectivity index (χ4n) is 1.84. The Labute approximate surface area is 106 Å². The molecule has 0 aliphatic heterocycles. The number of halogens is 3. The molecule has 0 spiro atoms. The van der Waals surface area contributed by atoms with E-state index in [-0.39, 0.29) is 13.1 Å². The normalized spacial score (nSPS) is 15.7. The molecule has 0 aliphatic rings. The maximum atomic E-state index is 12.4. The van der Waals surface area contributed by atoms with Gasteiger partial charge in [-0.25, -0.2) is 0 Å². The number of carbonyl (C=O) groups is 1. The van der Waals surface area contributed by atoms with Crippen molar-refractivity contribution < 1.29 is 18.0 Å². The molecule has 18 heavy (non-hydrogen) atoms. The van der Waals surface area contributed by atoms with Crippen molar-refractivity contribution in [2.45, 2.75) is 38.9 Å². The molecule has 0 rings (SSSR count). The van der Waals surface area contributed by atoms with Crippen molar-refractivity contribution in [2.75, 3.05) is 26.2 Å². The van der Waals surface area contributed by atoms with Crippen LogP contribution >= 0.6 is 0 Å². The Balaban J connectivity index is 4.76. The number of nitrogens with zero attached hydrogens (tertiary/aromatic N) is 1. The minimum absolute atomic E-state index is 0.0521. The van der Waals surface area contributed by atoms with Gasteiger partial charge in [0, 0.05) is 6.54 Å². The summed E-state index contributed by atoms with van der Waals surface area (Å²) in [4.78, 5) is 12.6. The monoisotopic (exact) mass is 269 g/mol. The van der Waals surface area contributed by atoms with Gasteiger partial charge in [-0.15, -0.1) is 0 Å². The SMILES string of the molecule is CCCN(CC(F)(F)F)CC(C)(NCC)C(N)=O. The molecule has 0 aromatic heterocycles. The van der Waals surface area contributed by atoms with Crippen LogP contribution in [0.1, 0.15) is 27.2 Å². The number of carbonyl (C=O) groups excluding carboxylic acids is 1. The summed E-state index contributed by atoms with van der Waals surface area (Å²) in [5, 5.41) is 2.85. The predicted molar refractivity (Wildman–Crippen MR) is 64.1 cm³/mol. The van der Waals surface area contributed by atoms with E-state index >= 15 is 0 Å². The summed E-state index contributed by atoms with van der Waals surface area (Å²) < 4.78 is 37.2.